The van der Waals surface area contributed by atoms with Crippen LogP contribution in [-0.2, 0) is 17.8 Å². The number of hydrogen-bond donors (Lipinski definition) is 1. The lowest BCUT2D eigenvalue weighted by molar-refractivity contribution is -0.0704. The molecule has 3 atom stereocenters. The predicted octanol–water partition coefficient (Wildman–Crippen LogP) is 3.46. The van der Waals surface area contributed by atoms with Crippen LogP contribution in [0.15, 0.2) is 29.3 Å². The van der Waals surface area contributed by atoms with E-state index in [0.29, 0.717) is 30.6 Å². The number of likely N-dealkylation sites (tertiary alicyclic amines) is 1. The topological polar surface area (TPSA) is 54.1 Å². The standard InChI is InChI=1S/C21H34N4O.HI/c1-16-5-4-10-25(12-16)21(22)23-11-19-6-8-20(9-7-19)15-24-13-17(2)26-18(3)14-24;/h6-9,16-18H,4-5,10-15H2,1-3H3,(H2,22,23);1H. The summed E-state index contributed by atoms with van der Waals surface area (Å²) in [6, 6.07) is 8.79. The molecule has 2 N–H and O–H groups in total. The minimum Gasteiger partial charge on any atom is -0.373 e. The summed E-state index contributed by atoms with van der Waals surface area (Å²) in [5.41, 5.74) is 8.75. The predicted molar refractivity (Wildman–Crippen MR) is 122 cm³/mol. The van der Waals surface area contributed by atoms with Gasteiger partial charge in [0.05, 0.1) is 18.8 Å². The zero-order chi connectivity index (χ0) is 18.5. The lowest BCUT2D eigenvalue weighted by atomic mass is 10.0. The van der Waals surface area contributed by atoms with Crippen molar-refractivity contribution >= 4 is 29.9 Å². The van der Waals surface area contributed by atoms with Gasteiger partial charge in [-0.25, -0.2) is 4.99 Å². The number of nitrogens with two attached hydrogens (primary N) is 1. The van der Waals surface area contributed by atoms with Gasteiger partial charge in [0.2, 0.25) is 0 Å². The fraction of sp³-hybridized carbons (Fsp3) is 0.667. The van der Waals surface area contributed by atoms with Crippen molar-refractivity contribution in [2.45, 2.75) is 58.9 Å². The number of piperidine rings is 1. The van der Waals surface area contributed by atoms with E-state index in [0.717, 1.165) is 32.7 Å². The summed E-state index contributed by atoms with van der Waals surface area (Å²) in [5, 5.41) is 0. The second-order valence-corrected chi connectivity index (χ2v) is 8.14. The van der Waals surface area contributed by atoms with Crippen LogP contribution >= 0.6 is 24.0 Å². The third kappa shape index (κ3) is 6.91. The third-order valence-electron chi connectivity index (χ3n) is 5.33. The molecule has 3 unspecified atom stereocenters. The van der Waals surface area contributed by atoms with Crippen molar-refractivity contribution < 1.29 is 4.74 Å². The molecule has 2 fully saturated rings. The molecule has 5 nitrogen and oxygen atoms in total. The summed E-state index contributed by atoms with van der Waals surface area (Å²) in [4.78, 5) is 9.31. The van der Waals surface area contributed by atoms with Crippen LogP contribution in [-0.4, -0.2) is 54.1 Å². The smallest absolute Gasteiger partial charge is 0.191 e. The molecule has 0 aliphatic carbocycles. The van der Waals surface area contributed by atoms with Crippen molar-refractivity contribution in [3.8, 4) is 0 Å². The Labute approximate surface area is 181 Å². The van der Waals surface area contributed by atoms with Crippen molar-refractivity contribution in [2.24, 2.45) is 16.6 Å². The van der Waals surface area contributed by atoms with Gasteiger partial charge < -0.3 is 15.4 Å². The number of benzene rings is 1. The molecule has 0 amide bonds. The van der Waals surface area contributed by atoms with Crippen LogP contribution in [0.3, 0.4) is 0 Å². The van der Waals surface area contributed by atoms with Crippen molar-refractivity contribution in [1.82, 2.24) is 9.80 Å². The molecule has 2 aliphatic heterocycles. The van der Waals surface area contributed by atoms with Gasteiger partial charge in [-0.05, 0) is 43.7 Å². The Morgan fingerprint density at radius 1 is 1.07 bits per heavy atom. The average Bonchev–Trinajstić information content (AvgIpc) is 2.60. The lowest BCUT2D eigenvalue weighted by Crippen LogP contribution is -2.44. The van der Waals surface area contributed by atoms with Gasteiger partial charge in [0.25, 0.3) is 0 Å². The number of guanidine groups is 1. The van der Waals surface area contributed by atoms with Gasteiger partial charge >= 0.3 is 0 Å². The SMILES string of the molecule is CC1CCCN(C(N)=NCc2ccc(CN3CC(C)OC(C)C3)cc2)C1.I. The van der Waals surface area contributed by atoms with Gasteiger partial charge in [0.1, 0.15) is 0 Å². The lowest BCUT2D eigenvalue weighted by Gasteiger charge is -2.35. The molecule has 1 aromatic rings. The van der Waals surface area contributed by atoms with Crippen LogP contribution in [0.25, 0.3) is 0 Å². The minimum absolute atomic E-state index is 0. The highest BCUT2D eigenvalue weighted by Gasteiger charge is 2.22. The molecule has 0 spiro atoms. The van der Waals surface area contributed by atoms with Crippen LogP contribution in [0.5, 0.6) is 0 Å². The summed E-state index contributed by atoms with van der Waals surface area (Å²) in [6.07, 6.45) is 3.14. The molecule has 152 valence electrons. The van der Waals surface area contributed by atoms with E-state index in [4.69, 9.17) is 10.5 Å². The highest BCUT2D eigenvalue weighted by molar-refractivity contribution is 14.0. The third-order valence-corrected chi connectivity index (χ3v) is 5.33. The van der Waals surface area contributed by atoms with Gasteiger partial charge in [-0.2, -0.15) is 0 Å². The molecule has 1 aromatic carbocycles. The van der Waals surface area contributed by atoms with Crippen LogP contribution < -0.4 is 5.73 Å². The highest BCUT2D eigenvalue weighted by Crippen LogP contribution is 2.16. The molecule has 27 heavy (non-hydrogen) atoms. The summed E-state index contributed by atoms with van der Waals surface area (Å²) in [5.74, 6) is 1.40. The maximum atomic E-state index is 6.20. The quantitative estimate of drug-likeness (QED) is 0.403. The fourth-order valence-corrected chi connectivity index (χ4v) is 4.09. The maximum absolute atomic E-state index is 6.20. The number of nitrogens with zero attached hydrogens (tertiary/aromatic N) is 3. The van der Waals surface area contributed by atoms with E-state index >= 15 is 0 Å². The van der Waals surface area contributed by atoms with E-state index < -0.39 is 0 Å². The molecular weight excluding hydrogens is 451 g/mol. The molecule has 2 saturated heterocycles. The van der Waals surface area contributed by atoms with Crippen molar-refractivity contribution in [2.75, 3.05) is 26.2 Å². The normalized spacial score (nSPS) is 27.3. The van der Waals surface area contributed by atoms with E-state index in [9.17, 15) is 0 Å². The zero-order valence-corrected chi connectivity index (χ0v) is 19.3. The molecule has 3 rings (SSSR count). The summed E-state index contributed by atoms with van der Waals surface area (Å²) >= 11 is 0. The first-order valence-electron chi connectivity index (χ1n) is 10.00. The Balaban J connectivity index is 0.00000261. The monoisotopic (exact) mass is 486 g/mol. The fourth-order valence-electron chi connectivity index (χ4n) is 4.09. The van der Waals surface area contributed by atoms with Gasteiger partial charge in [0, 0.05) is 32.7 Å². The van der Waals surface area contributed by atoms with Crippen molar-refractivity contribution in [3.05, 3.63) is 35.4 Å². The van der Waals surface area contributed by atoms with Crippen molar-refractivity contribution in [3.63, 3.8) is 0 Å². The van der Waals surface area contributed by atoms with Crippen LogP contribution in [0, 0.1) is 5.92 Å². The molecule has 2 heterocycles. The summed E-state index contributed by atoms with van der Waals surface area (Å²) in [7, 11) is 0. The first-order valence-corrected chi connectivity index (χ1v) is 10.00. The molecular formula is C21H35IN4O. The Kier molecular flexibility index (Phi) is 8.82. The van der Waals surface area contributed by atoms with Gasteiger partial charge in [-0.1, -0.05) is 31.2 Å². The van der Waals surface area contributed by atoms with E-state index in [1.807, 2.05) is 0 Å². The summed E-state index contributed by atoms with van der Waals surface area (Å²) in [6.45, 7) is 12.3. The highest BCUT2D eigenvalue weighted by atomic mass is 127. The molecule has 0 saturated carbocycles. The number of rotatable bonds is 4. The Hall–Kier alpha value is -0.860. The second-order valence-electron chi connectivity index (χ2n) is 8.14. The van der Waals surface area contributed by atoms with Gasteiger partial charge in [-0.15, -0.1) is 24.0 Å². The number of ether oxygens (including phenoxy) is 1. The molecule has 0 bridgehead atoms. The van der Waals surface area contributed by atoms with Crippen LogP contribution in [0.4, 0.5) is 0 Å². The van der Waals surface area contributed by atoms with E-state index in [1.54, 1.807) is 0 Å². The van der Waals surface area contributed by atoms with E-state index in [2.05, 4.69) is 59.8 Å². The Bertz CT molecular complexity index is 597. The number of morpholine rings is 1. The first-order chi connectivity index (χ1) is 12.5. The van der Waals surface area contributed by atoms with Gasteiger partial charge in [0.15, 0.2) is 5.96 Å². The Morgan fingerprint density at radius 3 is 2.33 bits per heavy atom. The number of hydrogen-bond acceptors (Lipinski definition) is 3. The molecule has 0 aromatic heterocycles. The number of halogens is 1. The van der Waals surface area contributed by atoms with E-state index in [1.165, 1.54) is 24.0 Å². The maximum Gasteiger partial charge on any atom is 0.191 e. The first kappa shape index (κ1) is 22.4. The largest absolute Gasteiger partial charge is 0.373 e. The second kappa shape index (κ2) is 10.6. The average molecular weight is 486 g/mol. The summed E-state index contributed by atoms with van der Waals surface area (Å²) < 4.78 is 5.81. The van der Waals surface area contributed by atoms with Gasteiger partial charge in [-0.3, -0.25) is 4.90 Å². The van der Waals surface area contributed by atoms with Crippen LogP contribution in [0.2, 0.25) is 0 Å². The molecule has 0 radical (unpaired) electrons. The Morgan fingerprint density at radius 2 is 1.70 bits per heavy atom. The number of aliphatic imine (C=N–C) groups is 1. The molecule has 6 heteroatoms. The molecule has 2 aliphatic rings. The van der Waals surface area contributed by atoms with Crippen LogP contribution in [0.1, 0.15) is 44.7 Å². The van der Waals surface area contributed by atoms with E-state index in [-0.39, 0.29) is 24.0 Å². The van der Waals surface area contributed by atoms with Crippen molar-refractivity contribution in [1.29, 1.82) is 0 Å². The minimum atomic E-state index is 0. The zero-order valence-electron chi connectivity index (χ0n) is 16.9.